The predicted octanol–water partition coefficient (Wildman–Crippen LogP) is 4.66. The number of carbonyl (C=O) groups excluding carboxylic acids is 2. The van der Waals surface area contributed by atoms with E-state index in [0.29, 0.717) is 18.6 Å². The number of aryl methyl sites for hydroxylation is 1. The zero-order chi connectivity index (χ0) is 21.8. The maximum absolute atomic E-state index is 12.2. The van der Waals surface area contributed by atoms with Crippen LogP contribution in [0.2, 0.25) is 0 Å². The van der Waals surface area contributed by atoms with Crippen LogP contribution < -0.4 is 0 Å². The van der Waals surface area contributed by atoms with Crippen molar-refractivity contribution in [3.05, 3.63) is 28.8 Å². The topological polar surface area (TPSA) is 72.8 Å². The molecule has 0 aliphatic heterocycles. The molecule has 1 aromatic carbocycles. The van der Waals surface area contributed by atoms with Gasteiger partial charge in [-0.15, -0.1) is 0 Å². The molecule has 0 aliphatic carbocycles. The minimum Gasteiger partial charge on any atom is -0.507 e. The van der Waals surface area contributed by atoms with Gasteiger partial charge in [0.2, 0.25) is 0 Å². The number of benzene rings is 1. The zero-order valence-corrected chi connectivity index (χ0v) is 18.6. The summed E-state index contributed by atoms with van der Waals surface area (Å²) in [6.07, 6.45) is 0.791. The summed E-state index contributed by atoms with van der Waals surface area (Å²) in [7, 11) is 0. The Morgan fingerprint density at radius 2 is 1.46 bits per heavy atom. The molecule has 0 aromatic heterocycles. The van der Waals surface area contributed by atoms with E-state index >= 15 is 0 Å². The lowest BCUT2D eigenvalue weighted by molar-refractivity contribution is -0.148. The molecule has 28 heavy (non-hydrogen) atoms. The van der Waals surface area contributed by atoms with Gasteiger partial charge in [0.15, 0.2) is 0 Å². The van der Waals surface area contributed by atoms with Crippen LogP contribution in [0.5, 0.6) is 5.75 Å². The zero-order valence-electron chi connectivity index (χ0n) is 18.6. The van der Waals surface area contributed by atoms with Crippen molar-refractivity contribution in [2.45, 2.75) is 79.1 Å². The normalized spacial score (nSPS) is 12.6. The van der Waals surface area contributed by atoms with Gasteiger partial charge in [-0.1, -0.05) is 67.5 Å². The quantitative estimate of drug-likeness (QED) is 0.514. The molecule has 1 N–H and O–H groups in total. The monoisotopic (exact) mass is 392 g/mol. The van der Waals surface area contributed by atoms with Crippen molar-refractivity contribution < 1.29 is 24.2 Å². The second-order valence-corrected chi connectivity index (χ2v) is 10.3. The molecular formula is C23H36O5. The lowest BCUT2D eigenvalue weighted by Gasteiger charge is -2.28. The average Bonchev–Trinajstić information content (AvgIpc) is 2.55. The molecule has 0 unspecified atom stereocenters. The van der Waals surface area contributed by atoms with Crippen LogP contribution in [-0.4, -0.2) is 30.8 Å². The summed E-state index contributed by atoms with van der Waals surface area (Å²) in [5.74, 6) is 0.0464. The van der Waals surface area contributed by atoms with E-state index in [0.717, 1.165) is 16.7 Å². The van der Waals surface area contributed by atoms with Crippen LogP contribution in [0.25, 0.3) is 0 Å². The smallest absolute Gasteiger partial charge is 0.306 e. The van der Waals surface area contributed by atoms with E-state index in [4.69, 9.17) is 9.47 Å². The number of esters is 1. The SMILES string of the molecule is CC(C)(COC=O)COC(=O)CCc1cc(C(C)(C)C)c(O)c(C(C)(C)C)c1. The first-order valence-electron chi connectivity index (χ1n) is 9.75. The summed E-state index contributed by atoms with van der Waals surface area (Å²) in [6.45, 7) is 16.9. The van der Waals surface area contributed by atoms with Gasteiger partial charge >= 0.3 is 5.97 Å². The van der Waals surface area contributed by atoms with Crippen molar-refractivity contribution in [3.8, 4) is 5.75 Å². The fourth-order valence-electron chi connectivity index (χ4n) is 2.88. The third-order valence-electron chi connectivity index (χ3n) is 4.57. The fraction of sp³-hybridized carbons (Fsp3) is 0.652. The highest BCUT2D eigenvalue weighted by Crippen LogP contribution is 2.40. The van der Waals surface area contributed by atoms with Gasteiger partial charge in [-0.2, -0.15) is 0 Å². The molecule has 0 amide bonds. The lowest BCUT2D eigenvalue weighted by atomic mass is 9.78. The van der Waals surface area contributed by atoms with Gasteiger partial charge in [0, 0.05) is 11.8 Å². The summed E-state index contributed by atoms with van der Waals surface area (Å²) in [5, 5.41) is 10.8. The summed E-state index contributed by atoms with van der Waals surface area (Å²) >= 11 is 0. The molecule has 0 atom stereocenters. The number of ether oxygens (including phenoxy) is 2. The van der Waals surface area contributed by atoms with Crippen LogP contribution in [0.15, 0.2) is 12.1 Å². The Kier molecular flexibility index (Phi) is 7.69. The number of carbonyl (C=O) groups is 2. The number of aromatic hydroxyl groups is 1. The molecule has 0 radical (unpaired) electrons. The van der Waals surface area contributed by atoms with E-state index in [2.05, 4.69) is 41.5 Å². The maximum Gasteiger partial charge on any atom is 0.306 e. The maximum atomic E-state index is 12.2. The molecule has 5 nitrogen and oxygen atoms in total. The van der Waals surface area contributed by atoms with Gasteiger partial charge in [-0.25, -0.2) is 0 Å². The fourth-order valence-corrected chi connectivity index (χ4v) is 2.88. The number of rotatable bonds is 8. The Morgan fingerprint density at radius 1 is 0.964 bits per heavy atom. The first-order valence-corrected chi connectivity index (χ1v) is 9.75. The second-order valence-electron chi connectivity index (χ2n) is 10.3. The Labute approximate surface area is 169 Å². The summed E-state index contributed by atoms with van der Waals surface area (Å²) in [5.41, 5.74) is 1.94. The van der Waals surface area contributed by atoms with Crippen LogP contribution >= 0.6 is 0 Å². The van der Waals surface area contributed by atoms with Gasteiger partial charge in [-0.05, 0) is 33.9 Å². The minimum absolute atomic E-state index is 0.190. The third kappa shape index (κ3) is 7.17. The highest BCUT2D eigenvalue weighted by Gasteiger charge is 2.27. The van der Waals surface area contributed by atoms with Crippen molar-refractivity contribution in [1.29, 1.82) is 0 Å². The average molecular weight is 393 g/mol. The van der Waals surface area contributed by atoms with E-state index in [1.165, 1.54) is 0 Å². The van der Waals surface area contributed by atoms with E-state index in [1.54, 1.807) is 0 Å². The first kappa shape index (κ1) is 24.0. The Bertz CT molecular complexity index is 655. The summed E-state index contributed by atoms with van der Waals surface area (Å²) in [4.78, 5) is 22.5. The molecule has 5 heteroatoms. The van der Waals surface area contributed by atoms with Crippen LogP contribution in [0.1, 0.15) is 78.5 Å². The molecule has 0 heterocycles. The lowest BCUT2D eigenvalue weighted by Crippen LogP contribution is -2.27. The Morgan fingerprint density at radius 3 is 1.89 bits per heavy atom. The molecule has 0 bridgehead atoms. The molecule has 0 saturated carbocycles. The number of phenols is 1. The van der Waals surface area contributed by atoms with Crippen LogP contribution in [0.4, 0.5) is 0 Å². The van der Waals surface area contributed by atoms with Gasteiger partial charge in [0.25, 0.3) is 6.47 Å². The Balaban J connectivity index is 2.89. The highest BCUT2D eigenvalue weighted by atomic mass is 16.5. The van der Waals surface area contributed by atoms with Crippen molar-refractivity contribution >= 4 is 12.4 Å². The van der Waals surface area contributed by atoms with Gasteiger partial charge in [-0.3, -0.25) is 9.59 Å². The molecule has 1 rings (SSSR count). The molecular weight excluding hydrogens is 356 g/mol. The Hall–Kier alpha value is -2.04. The molecule has 0 spiro atoms. The summed E-state index contributed by atoms with van der Waals surface area (Å²) < 4.78 is 10.1. The largest absolute Gasteiger partial charge is 0.507 e. The first-order chi connectivity index (χ1) is 12.7. The van der Waals surface area contributed by atoms with E-state index in [9.17, 15) is 14.7 Å². The second kappa shape index (κ2) is 8.97. The minimum atomic E-state index is -0.423. The highest BCUT2D eigenvalue weighted by molar-refractivity contribution is 5.69. The van der Waals surface area contributed by atoms with Crippen molar-refractivity contribution in [1.82, 2.24) is 0 Å². The van der Waals surface area contributed by atoms with Gasteiger partial charge < -0.3 is 14.6 Å². The van der Waals surface area contributed by atoms with E-state index in [-0.39, 0.29) is 36.4 Å². The van der Waals surface area contributed by atoms with Gasteiger partial charge in [0.1, 0.15) is 5.75 Å². The molecule has 158 valence electrons. The molecule has 0 saturated heterocycles. The van der Waals surface area contributed by atoms with Crippen LogP contribution in [0, 0.1) is 5.41 Å². The molecule has 0 fully saturated rings. The van der Waals surface area contributed by atoms with E-state index in [1.807, 2.05) is 26.0 Å². The number of hydrogen-bond donors (Lipinski definition) is 1. The molecule has 1 aromatic rings. The molecule has 0 aliphatic rings. The van der Waals surface area contributed by atoms with Crippen molar-refractivity contribution in [3.63, 3.8) is 0 Å². The predicted molar refractivity (Wildman–Crippen MR) is 111 cm³/mol. The standard InChI is InChI=1S/C23H36O5/c1-21(2,3)17-11-16(12-18(20(17)26)22(4,5)6)9-10-19(25)28-14-23(7,8)13-27-15-24/h11-12,15,26H,9-10,13-14H2,1-8H3. The summed E-state index contributed by atoms with van der Waals surface area (Å²) in [6, 6.07) is 3.97. The third-order valence-corrected chi connectivity index (χ3v) is 4.57. The van der Waals surface area contributed by atoms with E-state index < -0.39 is 5.41 Å². The van der Waals surface area contributed by atoms with Crippen molar-refractivity contribution in [2.75, 3.05) is 13.2 Å². The van der Waals surface area contributed by atoms with Crippen LogP contribution in [-0.2, 0) is 36.3 Å². The van der Waals surface area contributed by atoms with Gasteiger partial charge in [0.05, 0.1) is 13.2 Å². The number of hydrogen-bond acceptors (Lipinski definition) is 5. The van der Waals surface area contributed by atoms with Crippen molar-refractivity contribution in [2.24, 2.45) is 5.41 Å². The van der Waals surface area contributed by atoms with Crippen LogP contribution in [0.3, 0.4) is 0 Å². The number of phenolic OH excluding ortho intramolecular Hbond substituents is 1.